The second-order valence-corrected chi connectivity index (χ2v) is 10.5. The molecule has 32 heavy (non-hydrogen) atoms. The van der Waals surface area contributed by atoms with Crippen LogP contribution in [0.4, 0.5) is 10.5 Å². The van der Waals surface area contributed by atoms with Crippen LogP contribution in [-0.2, 0) is 14.9 Å². The standard InChI is InChI=1S/C24H24IN3O4/c1-23(2,3)32-22(30)28-19-10-13(6-8-15(19)20(25)26-28)17-12-24(17)16-11-14(31-5)7-9-18(16)27(4)21(24)29/h6-11,17H,12H2,1-5H3/t17-,24-/m0/s1. The molecule has 0 N–H and O–H groups in total. The molecule has 1 amide bonds. The van der Waals surface area contributed by atoms with Gasteiger partial charge in [0, 0.05) is 24.0 Å². The number of fused-ring (bicyclic) bond motifs is 3. The molecule has 0 bridgehead atoms. The zero-order valence-corrected chi connectivity index (χ0v) is 20.8. The second kappa shape index (κ2) is 6.94. The Bertz CT molecular complexity index is 1290. The quantitative estimate of drug-likeness (QED) is 0.432. The molecule has 1 saturated carbocycles. The molecule has 0 unspecified atom stereocenters. The minimum absolute atomic E-state index is 0.0230. The maximum Gasteiger partial charge on any atom is 0.435 e. The van der Waals surface area contributed by atoms with E-state index in [9.17, 15) is 9.59 Å². The molecule has 2 heterocycles. The van der Waals surface area contributed by atoms with Gasteiger partial charge < -0.3 is 14.4 Å². The molecule has 3 aromatic rings. The number of ether oxygens (including phenoxy) is 2. The molecule has 8 heteroatoms. The van der Waals surface area contributed by atoms with Gasteiger partial charge in [-0.1, -0.05) is 6.07 Å². The number of carbonyl (C=O) groups excluding carboxylic acids is 2. The number of likely N-dealkylation sites (N-methyl/N-ethyl adjacent to an activating group) is 1. The normalized spacial score (nSPS) is 21.9. The molecule has 166 valence electrons. The van der Waals surface area contributed by atoms with Gasteiger partial charge in [-0.2, -0.15) is 9.78 Å². The highest BCUT2D eigenvalue weighted by Crippen LogP contribution is 2.66. The van der Waals surface area contributed by atoms with Crippen LogP contribution in [0.15, 0.2) is 36.4 Å². The predicted octanol–water partition coefficient (Wildman–Crippen LogP) is 4.83. The number of methoxy groups -OCH3 is 1. The van der Waals surface area contributed by atoms with E-state index >= 15 is 0 Å². The third-order valence-corrected chi connectivity index (χ3v) is 7.12. The molecule has 1 aliphatic carbocycles. The van der Waals surface area contributed by atoms with Crippen molar-refractivity contribution in [2.24, 2.45) is 0 Å². The molecule has 2 aliphatic rings. The topological polar surface area (TPSA) is 73.7 Å². The van der Waals surface area contributed by atoms with Crippen molar-refractivity contribution in [3.63, 3.8) is 0 Å². The zero-order valence-electron chi connectivity index (χ0n) is 18.6. The van der Waals surface area contributed by atoms with Crippen LogP contribution in [-0.4, -0.2) is 41.5 Å². The van der Waals surface area contributed by atoms with Gasteiger partial charge >= 0.3 is 6.09 Å². The number of anilines is 1. The minimum atomic E-state index is -0.622. The summed E-state index contributed by atoms with van der Waals surface area (Å²) in [5, 5.41) is 5.29. The molecule has 1 aliphatic heterocycles. The van der Waals surface area contributed by atoms with E-state index in [-0.39, 0.29) is 11.8 Å². The first kappa shape index (κ1) is 21.2. The molecule has 5 rings (SSSR count). The minimum Gasteiger partial charge on any atom is -0.497 e. The van der Waals surface area contributed by atoms with Crippen molar-refractivity contribution in [3.8, 4) is 5.75 Å². The van der Waals surface area contributed by atoms with Crippen molar-refractivity contribution < 1.29 is 19.1 Å². The number of nitrogens with zero attached hydrogens (tertiary/aromatic N) is 3. The van der Waals surface area contributed by atoms with Crippen LogP contribution in [0, 0.1) is 3.70 Å². The molecular formula is C24H24IN3O4. The summed E-state index contributed by atoms with van der Waals surface area (Å²) in [6.45, 7) is 5.48. The smallest absolute Gasteiger partial charge is 0.435 e. The number of benzene rings is 2. The van der Waals surface area contributed by atoms with Crippen LogP contribution in [0.5, 0.6) is 5.75 Å². The fourth-order valence-electron chi connectivity index (χ4n) is 4.77. The Balaban J connectivity index is 1.57. The van der Waals surface area contributed by atoms with Crippen molar-refractivity contribution in [1.29, 1.82) is 0 Å². The Morgan fingerprint density at radius 3 is 2.66 bits per heavy atom. The van der Waals surface area contributed by atoms with Crippen molar-refractivity contribution >= 4 is 51.2 Å². The van der Waals surface area contributed by atoms with Crippen LogP contribution >= 0.6 is 22.6 Å². The molecule has 1 aromatic heterocycles. The molecule has 1 fully saturated rings. The highest BCUT2D eigenvalue weighted by atomic mass is 127. The largest absolute Gasteiger partial charge is 0.497 e. The summed E-state index contributed by atoms with van der Waals surface area (Å²) >= 11 is 2.13. The average Bonchev–Trinajstić information content (AvgIpc) is 3.37. The van der Waals surface area contributed by atoms with E-state index in [0.717, 1.165) is 38.1 Å². The fraction of sp³-hybridized carbons (Fsp3) is 0.375. The first-order valence-corrected chi connectivity index (χ1v) is 11.5. The van der Waals surface area contributed by atoms with Crippen LogP contribution in [0.25, 0.3) is 10.9 Å². The summed E-state index contributed by atoms with van der Waals surface area (Å²) in [4.78, 5) is 27.8. The van der Waals surface area contributed by atoms with Gasteiger partial charge in [-0.25, -0.2) is 4.79 Å². The van der Waals surface area contributed by atoms with Gasteiger partial charge in [0.15, 0.2) is 0 Å². The lowest BCUT2D eigenvalue weighted by molar-refractivity contribution is -0.120. The lowest BCUT2D eigenvalue weighted by Crippen LogP contribution is -2.29. The molecule has 7 nitrogen and oxygen atoms in total. The van der Waals surface area contributed by atoms with E-state index in [2.05, 4.69) is 27.7 Å². The van der Waals surface area contributed by atoms with E-state index in [1.807, 2.05) is 64.2 Å². The summed E-state index contributed by atoms with van der Waals surface area (Å²) in [6.07, 6.45) is 0.208. The first-order chi connectivity index (χ1) is 15.1. The maximum atomic E-state index is 13.3. The molecule has 0 saturated heterocycles. The van der Waals surface area contributed by atoms with Crippen molar-refractivity contribution in [1.82, 2.24) is 9.78 Å². The summed E-state index contributed by atoms with van der Waals surface area (Å²) < 4.78 is 13.0. The highest BCUT2D eigenvalue weighted by molar-refractivity contribution is 14.1. The Kier molecular flexibility index (Phi) is 4.60. The van der Waals surface area contributed by atoms with E-state index in [1.165, 1.54) is 4.68 Å². The Morgan fingerprint density at radius 2 is 1.97 bits per heavy atom. The summed E-state index contributed by atoms with van der Waals surface area (Å²) in [6, 6.07) is 11.8. The molecule has 0 radical (unpaired) electrons. The molecule has 2 aromatic carbocycles. The molecule has 1 spiro atoms. The van der Waals surface area contributed by atoms with Gasteiger partial charge in [-0.05, 0) is 91.2 Å². The number of aromatic nitrogens is 2. The van der Waals surface area contributed by atoms with Gasteiger partial charge in [0.25, 0.3) is 0 Å². The van der Waals surface area contributed by atoms with E-state index in [1.54, 1.807) is 12.0 Å². The Hall–Kier alpha value is -2.62. The first-order valence-electron chi connectivity index (χ1n) is 10.4. The number of hydrogen-bond acceptors (Lipinski definition) is 5. The SMILES string of the molecule is COc1ccc2c(c1)[C@]1(C[C@H]1c1ccc3c(I)nn(C(=O)OC(C)(C)C)c3c1)C(=O)N2C. The summed E-state index contributed by atoms with van der Waals surface area (Å²) in [7, 11) is 3.45. The van der Waals surface area contributed by atoms with E-state index in [0.29, 0.717) is 5.52 Å². The molecule has 2 atom stereocenters. The lowest BCUT2D eigenvalue weighted by Gasteiger charge is -2.19. The third-order valence-electron chi connectivity index (χ3n) is 6.32. The Morgan fingerprint density at radius 1 is 1.22 bits per heavy atom. The van der Waals surface area contributed by atoms with Crippen molar-refractivity contribution in [2.45, 2.75) is 44.1 Å². The van der Waals surface area contributed by atoms with Gasteiger partial charge in [0.05, 0.1) is 18.0 Å². The summed E-state index contributed by atoms with van der Waals surface area (Å²) in [5.41, 5.74) is 2.42. The third kappa shape index (κ3) is 3.02. The molecular weight excluding hydrogens is 521 g/mol. The van der Waals surface area contributed by atoms with Gasteiger partial charge in [0.1, 0.15) is 15.1 Å². The van der Waals surface area contributed by atoms with Crippen LogP contribution in [0.1, 0.15) is 44.2 Å². The number of carbonyl (C=O) groups is 2. The van der Waals surface area contributed by atoms with Crippen LogP contribution < -0.4 is 9.64 Å². The van der Waals surface area contributed by atoms with Gasteiger partial charge in [-0.15, -0.1) is 0 Å². The van der Waals surface area contributed by atoms with Crippen LogP contribution in [0.2, 0.25) is 0 Å². The number of hydrogen-bond donors (Lipinski definition) is 0. The van der Waals surface area contributed by atoms with Crippen LogP contribution in [0.3, 0.4) is 0 Å². The fourth-order valence-corrected chi connectivity index (χ4v) is 5.44. The zero-order chi connectivity index (χ0) is 23.0. The van der Waals surface area contributed by atoms with Crippen molar-refractivity contribution in [2.75, 3.05) is 19.1 Å². The van der Waals surface area contributed by atoms with Gasteiger partial charge in [-0.3, -0.25) is 4.79 Å². The number of halogens is 1. The van der Waals surface area contributed by atoms with E-state index in [4.69, 9.17) is 9.47 Å². The lowest BCUT2D eigenvalue weighted by atomic mass is 9.91. The second-order valence-electron chi connectivity index (χ2n) is 9.43. The number of rotatable bonds is 2. The van der Waals surface area contributed by atoms with Crippen molar-refractivity contribution in [3.05, 3.63) is 51.2 Å². The van der Waals surface area contributed by atoms with E-state index < -0.39 is 17.1 Å². The monoisotopic (exact) mass is 545 g/mol. The summed E-state index contributed by atoms with van der Waals surface area (Å²) in [5.74, 6) is 0.862. The predicted molar refractivity (Wildman–Crippen MR) is 130 cm³/mol. The van der Waals surface area contributed by atoms with Gasteiger partial charge in [0.2, 0.25) is 5.91 Å². The maximum absolute atomic E-state index is 13.3. The number of amides is 1. The highest BCUT2D eigenvalue weighted by Gasteiger charge is 2.66. The average molecular weight is 545 g/mol. The Labute approximate surface area is 199 Å².